The van der Waals surface area contributed by atoms with Crippen LogP contribution in [0, 0.1) is 0 Å². The van der Waals surface area contributed by atoms with Crippen molar-refractivity contribution < 1.29 is 13.2 Å². The average molecular weight is 319 g/mol. The van der Waals surface area contributed by atoms with Crippen LogP contribution in [0.15, 0.2) is 59.9 Å². The van der Waals surface area contributed by atoms with Gasteiger partial charge in [0, 0.05) is 37.4 Å². The molecule has 2 heterocycles. The zero-order valence-electron chi connectivity index (χ0n) is 12.1. The Labute approximate surface area is 129 Å². The lowest BCUT2D eigenvalue weighted by Gasteiger charge is -2.11. The molecular formula is C16H12F3N3O. The number of nitrogens with zero attached hydrogens (tertiary/aromatic N) is 3. The van der Waals surface area contributed by atoms with E-state index in [-0.39, 0.29) is 22.2 Å². The summed E-state index contributed by atoms with van der Waals surface area (Å²) < 4.78 is 41.6. The summed E-state index contributed by atoms with van der Waals surface area (Å²) in [5, 5.41) is 4.00. The van der Waals surface area contributed by atoms with Crippen molar-refractivity contribution in [2.24, 2.45) is 7.05 Å². The van der Waals surface area contributed by atoms with Crippen LogP contribution in [0.25, 0.3) is 16.8 Å². The molecule has 3 aromatic rings. The predicted octanol–water partition coefficient (Wildman–Crippen LogP) is 3.26. The molecule has 7 heteroatoms. The molecule has 0 unspecified atom stereocenters. The molecule has 0 fully saturated rings. The topological polar surface area (TPSA) is 39.8 Å². The lowest BCUT2D eigenvalue weighted by Crippen LogP contribution is -2.17. The molecule has 0 bridgehead atoms. The number of benzene rings is 1. The third-order valence-electron chi connectivity index (χ3n) is 3.39. The maximum Gasteiger partial charge on any atom is 0.416 e. The summed E-state index contributed by atoms with van der Waals surface area (Å²) in [4.78, 5) is 12.6. The van der Waals surface area contributed by atoms with E-state index in [1.54, 1.807) is 30.1 Å². The van der Waals surface area contributed by atoms with Gasteiger partial charge in [-0.2, -0.15) is 18.3 Å². The summed E-state index contributed by atoms with van der Waals surface area (Å²) in [6.45, 7) is 0. The fraction of sp³-hybridized carbons (Fsp3) is 0.125. The highest BCUT2D eigenvalue weighted by molar-refractivity contribution is 5.65. The Morgan fingerprint density at radius 2 is 1.91 bits per heavy atom. The third kappa shape index (κ3) is 2.90. The van der Waals surface area contributed by atoms with E-state index >= 15 is 0 Å². The lowest BCUT2D eigenvalue weighted by atomic mass is 10.0. The minimum atomic E-state index is -4.46. The molecule has 0 N–H and O–H groups in total. The molecule has 118 valence electrons. The van der Waals surface area contributed by atoms with E-state index in [1.165, 1.54) is 29.2 Å². The van der Waals surface area contributed by atoms with Gasteiger partial charge in [0.25, 0.3) is 0 Å². The molecule has 4 nitrogen and oxygen atoms in total. The molecule has 0 aliphatic rings. The maximum atomic E-state index is 12.9. The highest BCUT2D eigenvalue weighted by Gasteiger charge is 2.30. The Kier molecular flexibility index (Phi) is 3.55. The first-order chi connectivity index (χ1) is 10.9. The molecule has 0 radical (unpaired) electrons. The van der Waals surface area contributed by atoms with E-state index < -0.39 is 11.7 Å². The minimum Gasteiger partial charge on any atom is -0.354 e. The highest BCUT2D eigenvalue weighted by atomic mass is 19.4. The van der Waals surface area contributed by atoms with Crippen molar-refractivity contribution in [3.8, 4) is 16.8 Å². The van der Waals surface area contributed by atoms with E-state index in [9.17, 15) is 18.0 Å². The Morgan fingerprint density at radius 3 is 2.57 bits per heavy atom. The number of hydrogen-bond donors (Lipinski definition) is 0. The minimum absolute atomic E-state index is 0.187. The van der Waals surface area contributed by atoms with Crippen molar-refractivity contribution in [3.05, 3.63) is 70.9 Å². The zero-order valence-corrected chi connectivity index (χ0v) is 12.1. The van der Waals surface area contributed by atoms with Gasteiger partial charge in [0.15, 0.2) is 0 Å². The van der Waals surface area contributed by atoms with E-state index in [1.807, 2.05) is 0 Å². The van der Waals surface area contributed by atoms with Gasteiger partial charge in [-0.15, -0.1) is 0 Å². The highest BCUT2D eigenvalue weighted by Crippen LogP contribution is 2.31. The number of aromatic nitrogens is 3. The summed E-state index contributed by atoms with van der Waals surface area (Å²) in [6, 6.07) is 6.39. The van der Waals surface area contributed by atoms with Crippen molar-refractivity contribution in [2.75, 3.05) is 0 Å². The number of alkyl halides is 3. The molecular weight excluding hydrogens is 307 g/mol. The molecule has 0 saturated carbocycles. The van der Waals surface area contributed by atoms with Gasteiger partial charge >= 0.3 is 6.18 Å². The van der Waals surface area contributed by atoms with E-state index in [4.69, 9.17) is 0 Å². The van der Waals surface area contributed by atoms with Gasteiger partial charge in [-0.3, -0.25) is 4.79 Å². The van der Waals surface area contributed by atoms with Crippen molar-refractivity contribution in [3.63, 3.8) is 0 Å². The van der Waals surface area contributed by atoms with Crippen molar-refractivity contribution in [2.45, 2.75) is 6.18 Å². The monoisotopic (exact) mass is 319 g/mol. The molecule has 3 rings (SSSR count). The fourth-order valence-electron chi connectivity index (χ4n) is 2.33. The first kappa shape index (κ1) is 15.1. The van der Waals surface area contributed by atoms with Crippen LogP contribution in [0.2, 0.25) is 0 Å². The number of pyridine rings is 1. The lowest BCUT2D eigenvalue weighted by molar-refractivity contribution is -0.137. The van der Waals surface area contributed by atoms with Crippen molar-refractivity contribution in [1.29, 1.82) is 0 Å². The van der Waals surface area contributed by atoms with Crippen LogP contribution in [-0.4, -0.2) is 14.3 Å². The number of aryl methyl sites for hydroxylation is 1. The Morgan fingerprint density at radius 1 is 1.13 bits per heavy atom. The summed E-state index contributed by atoms with van der Waals surface area (Å²) in [5.41, 5.74) is -0.499. The van der Waals surface area contributed by atoms with Gasteiger partial charge < -0.3 is 4.57 Å². The second kappa shape index (κ2) is 5.42. The maximum absolute atomic E-state index is 12.9. The van der Waals surface area contributed by atoms with Crippen LogP contribution in [0.4, 0.5) is 13.2 Å². The standard InChI is InChI=1S/C16H12F3N3O/c1-21-9-13(11-4-2-5-12(8-11)16(17,18)19)15(23)14(10-21)22-7-3-6-20-22/h2-10H,1H3. The van der Waals surface area contributed by atoms with E-state index in [2.05, 4.69) is 5.10 Å². The van der Waals surface area contributed by atoms with Crippen LogP contribution in [0.3, 0.4) is 0 Å². The van der Waals surface area contributed by atoms with E-state index in [0.717, 1.165) is 12.1 Å². The molecule has 2 aromatic heterocycles. The van der Waals surface area contributed by atoms with Crippen LogP contribution in [0.1, 0.15) is 5.56 Å². The van der Waals surface area contributed by atoms with Crippen molar-refractivity contribution in [1.82, 2.24) is 14.3 Å². The van der Waals surface area contributed by atoms with Crippen molar-refractivity contribution >= 4 is 0 Å². The average Bonchev–Trinajstić information content (AvgIpc) is 3.02. The molecule has 0 amide bonds. The normalized spacial score (nSPS) is 11.7. The van der Waals surface area contributed by atoms with Crippen LogP contribution >= 0.6 is 0 Å². The summed E-state index contributed by atoms with van der Waals surface area (Å²) >= 11 is 0. The first-order valence-electron chi connectivity index (χ1n) is 6.74. The van der Waals surface area contributed by atoms with Gasteiger partial charge in [-0.1, -0.05) is 12.1 Å². The number of halogens is 3. The second-order valence-corrected chi connectivity index (χ2v) is 5.08. The number of hydrogen-bond acceptors (Lipinski definition) is 2. The molecule has 0 atom stereocenters. The van der Waals surface area contributed by atoms with Gasteiger partial charge in [-0.05, 0) is 23.8 Å². The summed E-state index contributed by atoms with van der Waals surface area (Å²) in [7, 11) is 1.70. The van der Waals surface area contributed by atoms with Gasteiger partial charge in [0.1, 0.15) is 5.69 Å². The summed E-state index contributed by atoms with van der Waals surface area (Å²) in [6.07, 6.45) is 1.75. The number of rotatable bonds is 2. The molecule has 1 aromatic carbocycles. The molecule has 0 aliphatic heterocycles. The Bertz CT molecular complexity index is 896. The first-order valence-corrected chi connectivity index (χ1v) is 6.74. The quantitative estimate of drug-likeness (QED) is 0.727. The second-order valence-electron chi connectivity index (χ2n) is 5.08. The fourth-order valence-corrected chi connectivity index (χ4v) is 2.33. The molecule has 0 spiro atoms. The van der Waals surface area contributed by atoms with Gasteiger partial charge in [-0.25, -0.2) is 4.68 Å². The van der Waals surface area contributed by atoms with Crippen LogP contribution in [-0.2, 0) is 13.2 Å². The van der Waals surface area contributed by atoms with Gasteiger partial charge in [0.2, 0.25) is 5.43 Å². The largest absolute Gasteiger partial charge is 0.416 e. The summed E-state index contributed by atoms with van der Waals surface area (Å²) in [5.74, 6) is 0. The van der Waals surface area contributed by atoms with E-state index in [0.29, 0.717) is 0 Å². The molecule has 23 heavy (non-hydrogen) atoms. The Hall–Kier alpha value is -2.83. The van der Waals surface area contributed by atoms with Crippen LogP contribution < -0.4 is 5.43 Å². The van der Waals surface area contributed by atoms with Crippen LogP contribution in [0.5, 0.6) is 0 Å². The third-order valence-corrected chi connectivity index (χ3v) is 3.39. The SMILES string of the molecule is Cn1cc(-c2cccc(C(F)(F)F)c2)c(=O)c(-n2cccn2)c1. The molecule has 0 saturated heterocycles. The smallest absolute Gasteiger partial charge is 0.354 e. The zero-order chi connectivity index (χ0) is 16.6. The Balaban J connectivity index is 2.20. The van der Waals surface area contributed by atoms with Gasteiger partial charge in [0.05, 0.1) is 5.56 Å². The predicted molar refractivity (Wildman–Crippen MR) is 79.2 cm³/mol. The molecule has 0 aliphatic carbocycles.